The molecule has 2 N–H and O–H groups in total. The third-order valence-electron chi connectivity index (χ3n) is 5.01. The number of ether oxygens (including phenoxy) is 1. The molecule has 0 radical (unpaired) electrons. The summed E-state index contributed by atoms with van der Waals surface area (Å²) in [5.41, 5.74) is 2.52. The average Bonchev–Trinajstić information content (AvgIpc) is 3.39. The van der Waals surface area contributed by atoms with Gasteiger partial charge in [-0.25, -0.2) is 9.78 Å². The lowest BCUT2D eigenvalue weighted by Crippen LogP contribution is -2.17. The van der Waals surface area contributed by atoms with E-state index in [1.807, 2.05) is 18.2 Å². The molecule has 2 aliphatic rings. The zero-order valence-electron chi connectivity index (χ0n) is 15.0. The number of carbonyl (C=O) groups excluding carboxylic acids is 1. The van der Waals surface area contributed by atoms with Gasteiger partial charge < -0.3 is 15.4 Å². The van der Waals surface area contributed by atoms with Crippen molar-refractivity contribution in [2.45, 2.75) is 50.5 Å². The first-order valence-corrected chi connectivity index (χ1v) is 9.32. The van der Waals surface area contributed by atoms with Crippen molar-refractivity contribution in [1.29, 1.82) is 0 Å². The van der Waals surface area contributed by atoms with E-state index in [0.717, 1.165) is 23.1 Å². The van der Waals surface area contributed by atoms with Gasteiger partial charge in [-0.1, -0.05) is 12.8 Å². The number of hydrogen-bond donors (Lipinski definition) is 2. The van der Waals surface area contributed by atoms with Crippen LogP contribution in [0.2, 0.25) is 0 Å². The molecule has 1 heterocycles. The summed E-state index contributed by atoms with van der Waals surface area (Å²) >= 11 is 0. The number of hydrogen-bond acceptors (Lipinski definition) is 6. The minimum atomic E-state index is -0.336. The van der Waals surface area contributed by atoms with Crippen LogP contribution in [-0.2, 0) is 4.74 Å². The second-order valence-electron chi connectivity index (χ2n) is 7.10. The molecule has 0 saturated heterocycles. The summed E-state index contributed by atoms with van der Waals surface area (Å²) < 4.78 is 4.73. The molecule has 0 atom stereocenters. The number of anilines is 3. The number of carbonyl (C=O) groups is 1. The molecule has 2 aliphatic carbocycles. The second kappa shape index (κ2) is 7.32. The lowest BCUT2D eigenvalue weighted by atomic mass is 10.2. The van der Waals surface area contributed by atoms with Crippen molar-refractivity contribution in [3.8, 4) is 0 Å². The maximum atomic E-state index is 11.5. The monoisotopic (exact) mass is 352 g/mol. The van der Waals surface area contributed by atoms with Crippen molar-refractivity contribution < 1.29 is 9.53 Å². The van der Waals surface area contributed by atoms with Crippen molar-refractivity contribution in [2.24, 2.45) is 0 Å². The molecule has 6 heteroatoms. The Morgan fingerprint density at radius 3 is 2.46 bits per heavy atom. The van der Waals surface area contributed by atoms with Crippen LogP contribution in [0.5, 0.6) is 0 Å². The van der Waals surface area contributed by atoms with Crippen LogP contribution in [0, 0.1) is 0 Å². The highest BCUT2D eigenvalue weighted by atomic mass is 16.5. The predicted octanol–water partition coefficient (Wildman–Crippen LogP) is 4.24. The summed E-state index contributed by atoms with van der Waals surface area (Å²) in [6.45, 7) is 0. The zero-order chi connectivity index (χ0) is 17.9. The molecule has 0 spiro atoms. The maximum Gasteiger partial charge on any atom is 0.337 e. The third kappa shape index (κ3) is 3.95. The van der Waals surface area contributed by atoms with Crippen LogP contribution < -0.4 is 10.6 Å². The molecule has 26 heavy (non-hydrogen) atoms. The van der Waals surface area contributed by atoms with Crippen LogP contribution in [0.1, 0.15) is 60.5 Å². The summed E-state index contributed by atoms with van der Waals surface area (Å²) in [7, 11) is 1.38. The van der Waals surface area contributed by atoms with Gasteiger partial charge in [0.05, 0.1) is 18.4 Å². The molecular weight excluding hydrogens is 328 g/mol. The fraction of sp³-hybridized carbons (Fsp3) is 0.450. The number of methoxy groups -OCH3 is 1. The van der Waals surface area contributed by atoms with E-state index in [-0.39, 0.29) is 5.97 Å². The highest BCUT2D eigenvalue weighted by Gasteiger charge is 2.27. The van der Waals surface area contributed by atoms with Crippen molar-refractivity contribution in [3.63, 3.8) is 0 Å². The largest absolute Gasteiger partial charge is 0.465 e. The van der Waals surface area contributed by atoms with E-state index < -0.39 is 0 Å². The Bertz CT molecular complexity index is 781. The van der Waals surface area contributed by atoms with E-state index in [1.165, 1.54) is 45.6 Å². The van der Waals surface area contributed by atoms with Crippen molar-refractivity contribution >= 4 is 23.4 Å². The molecule has 1 aromatic heterocycles. The van der Waals surface area contributed by atoms with Gasteiger partial charge in [-0.05, 0) is 49.9 Å². The van der Waals surface area contributed by atoms with Crippen LogP contribution >= 0.6 is 0 Å². The molecule has 0 aliphatic heterocycles. The molecule has 0 amide bonds. The van der Waals surface area contributed by atoms with E-state index in [4.69, 9.17) is 9.72 Å². The predicted molar refractivity (Wildman–Crippen MR) is 101 cm³/mol. The number of nitrogens with zero attached hydrogens (tertiary/aromatic N) is 2. The van der Waals surface area contributed by atoms with Crippen LogP contribution in [0.15, 0.2) is 30.3 Å². The number of aromatic nitrogens is 2. The van der Waals surface area contributed by atoms with Gasteiger partial charge in [0, 0.05) is 23.7 Å². The molecule has 2 fully saturated rings. The lowest BCUT2D eigenvalue weighted by molar-refractivity contribution is 0.0601. The summed E-state index contributed by atoms with van der Waals surface area (Å²) in [5, 5.41) is 6.83. The standard InChI is InChI=1S/C20H24N4O2/c1-26-19(25)14-8-10-16(11-9-14)21-18-12-17(13-6-7-13)23-20(24-18)22-15-4-2-3-5-15/h8-13,15H,2-7H2,1H3,(H2,21,22,23,24). The van der Waals surface area contributed by atoms with Crippen molar-refractivity contribution in [2.75, 3.05) is 17.7 Å². The third-order valence-corrected chi connectivity index (χ3v) is 5.01. The van der Waals surface area contributed by atoms with Gasteiger partial charge >= 0.3 is 5.97 Å². The maximum absolute atomic E-state index is 11.5. The second-order valence-corrected chi connectivity index (χ2v) is 7.10. The Morgan fingerprint density at radius 2 is 1.81 bits per heavy atom. The Hall–Kier alpha value is -2.63. The first-order valence-electron chi connectivity index (χ1n) is 9.32. The number of benzene rings is 1. The van der Waals surface area contributed by atoms with Crippen LogP contribution in [0.4, 0.5) is 17.5 Å². The minimum absolute atomic E-state index is 0.336. The Labute approximate surface area is 153 Å². The van der Waals surface area contributed by atoms with Crippen LogP contribution in [-0.4, -0.2) is 29.1 Å². The SMILES string of the molecule is COC(=O)c1ccc(Nc2cc(C3CC3)nc(NC3CCCC3)n2)cc1. The van der Waals surface area contributed by atoms with E-state index in [0.29, 0.717) is 17.5 Å². The topological polar surface area (TPSA) is 76.1 Å². The summed E-state index contributed by atoms with van der Waals surface area (Å²) in [6.07, 6.45) is 7.33. The molecule has 1 aromatic carbocycles. The normalized spacial score (nSPS) is 17.1. The van der Waals surface area contributed by atoms with Crippen LogP contribution in [0.3, 0.4) is 0 Å². The van der Waals surface area contributed by atoms with Gasteiger partial charge in [-0.15, -0.1) is 0 Å². The summed E-state index contributed by atoms with van der Waals surface area (Å²) in [4.78, 5) is 20.9. The Balaban J connectivity index is 1.52. The quantitative estimate of drug-likeness (QED) is 0.757. The highest BCUT2D eigenvalue weighted by Crippen LogP contribution is 2.40. The minimum Gasteiger partial charge on any atom is -0.465 e. The zero-order valence-corrected chi connectivity index (χ0v) is 15.0. The molecule has 2 saturated carbocycles. The fourth-order valence-corrected chi connectivity index (χ4v) is 3.39. The van der Waals surface area contributed by atoms with E-state index in [2.05, 4.69) is 15.6 Å². The first kappa shape index (κ1) is 16.8. The van der Waals surface area contributed by atoms with Gasteiger partial charge in [0.1, 0.15) is 5.82 Å². The van der Waals surface area contributed by atoms with E-state index >= 15 is 0 Å². The average molecular weight is 352 g/mol. The molecule has 4 rings (SSSR count). The number of esters is 1. The molecule has 0 bridgehead atoms. The highest BCUT2D eigenvalue weighted by molar-refractivity contribution is 5.89. The van der Waals surface area contributed by atoms with Crippen molar-refractivity contribution in [1.82, 2.24) is 9.97 Å². The molecule has 136 valence electrons. The molecule has 6 nitrogen and oxygen atoms in total. The van der Waals surface area contributed by atoms with Gasteiger partial charge in [0.15, 0.2) is 0 Å². The van der Waals surface area contributed by atoms with E-state index in [1.54, 1.807) is 12.1 Å². The first-order chi connectivity index (χ1) is 12.7. The summed E-state index contributed by atoms with van der Waals surface area (Å²) in [6, 6.07) is 9.72. The lowest BCUT2D eigenvalue weighted by Gasteiger charge is -2.15. The summed E-state index contributed by atoms with van der Waals surface area (Å²) in [5.74, 6) is 1.73. The Morgan fingerprint density at radius 1 is 1.08 bits per heavy atom. The molecular formula is C20H24N4O2. The molecule has 0 unspecified atom stereocenters. The van der Waals surface area contributed by atoms with Crippen LogP contribution in [0.25, 0.3) is 0 Å². The number of rotatable bonds is 6. The number of nitrogens with one attached hydrogen (secondary N) is 2. The van der Waals surface area contributed by atoms with E-state index in [9.17, 15) is 4.79 Å². The van der Waals surface area contributed by atoms with Gasteiger partial charge in [0.2, 0.25) is 5.95 Å². The molecule has 2 aromatic rings. The van der Waals surface area contributed by atoms with Gasteiger partial charge in [-0.3, -0.25) is 0 Å². The van der Waals surface area contributed by atoms with Gasteiger partial charge in [-0.2, -0.15) is 4.98 Å². The fourth-order valence-electron chi connectivity index (χ4n) is 3.39. The van der Waals surface area contributed by atoms with Gasteiger partial charge in [0.25, 0.3) is 0 Å². The van der Waals surface area contributed by atoms with Crippen molar-refractivity contribution in [3.05, 3.63) is 41.6 Å². The smallest absolute Gasteiger partial charge is 0.337 e. The Kier molecular flexibility index (Phi) is 4.73.